The molecular weight excluding hydrogens is 486 g/mol. The Morgan fingerprint density at radius 1 is 0.800 bits per heavy atom. The zero-order valence-corrected chi connectivity index (χ0v) is 20.9. The Morgan fingerprint density at radius 3 is 2.27 bits per heavy atom. The van der Waals surface area contributed by atoms with Gasteiger partial charge in [0.1, 0.15) is 0 Å². The Labute approximate surface area is 193 Å². The van der Waals surface area contributed by atoms with Crippen LogP contribution in [0.1, 0.15) is 40.9 Å². The molecule has 1 aliphatic rings. The Balaban J connectivity index is 1.72. The first-order valence-corrected chi connectivity index (χ1v) is 18.4. The van der Waals surface area contributed by atoms with Crippen LogP contribution in [0.2, 0.25) is 0 Å². The van der Waals surface area contributed by atoms with Crippen LogP contribution in [-0.2, 0) is 19.4 Å². The van der Waals surface area contributed by atoms with Crippen LogP contribution in [0.5, 0.6) is 0 Å². The molecule has 0 heterocycles. The summed E-state index contributed by atoms with van der Waals surface area (Å²) in [5.74, 6) is 0. The number of fused-ring (bicyclic) bond motifs is 3. The van der Waals surface area contributed by atoms with Gasteiger partial charge in [0.15, 0.2) is 0 Å². The molecule has 4 aromatic rings. The van der Waals surface area contributed by atoms with E-state index in [1.54, 1.807) is 0 Å². The second-order valence-corrected chi connectivity index (χ2v) is 16.9. The Kier molecular flexibility index (Phi) is 5.89. The van der Waals surface area contributed by atoms with Crippen LogP contribution >= 0.6 is 17.0 Å². The first kappa shape index (κ1) is 20.5. The van der Waals surface area contributed by atoms with E-state index in [-0.39, 0.29) is 3.63 Å². The third kappa shape index (κ3) is 3.60. The first-order valence-electron chi connectivity index (χ1n) is 10.6. The molecule has 0 N–H and O–H groups in total. The molecule has 0 fully saturated rings. The number of benzene rings is 4. The van der Waals surface area contributed by atoms with Gasteiger partial charge >= 0.3 is 194 Å². The van der Waals surface area contributed by atoms with E-state index in [9.17, 15) is 0 Å². The Morgan fingerprint density at radius 2 is 1.50 bits per heavy atom. The standard InChI is InChI=1S/C27H23.2ClH.Zr/c1-2-3-8-19-15-22-11-6-13-24(26(22)16-19)25-14-7-12-23-17-20-9-4-5-10-21(20)18-27(23)25;;;/h4-7,9-18H,2-3,8H2,1H3;2*1H;/q;;;+2/p-2. The Bertz CT molecular complexity index is 1270. The van der Waals surface area contributed by atoms with Crippen LogP contribution in [-0.4, -0.2) is 0 Å². The maximum atomic E-state index is 6.67. The van der Waals surface area contributed by atoms with Gasteiger partial charge in [0.2, 0.25) is 0 Å². The summed E-state index contributed by atoms with van der Waals surface area (Å²) in [7, 11) is 13.3. The fourth-order valence-corrected chi connectivity index (χ4v) is 10.3. The number of hydrogen-bond acceptors (Lipinski definition) is 0. The van der Waals surface area contributed by atoms with E-state index in [1.165, 1.54) is 62.2 Å². The normalized spacial score (nSPS) is 15.4. The van der Waals surface area contributed by atoms with Crippen molar-refractivity contribution in [2.45, 2.75) is 29.8 Å². The summed E-state index contributed by atoms with van der Waals surface area (Å²) in [6.45, 7) is 2.24. The van der Waals surface area contributed by atoms with Crippen LogP contribution in [0, 0.1) is 0 Å². The molecule has 149 valence electrons. The van der Waals surface area contributed by atoms with E-state index in [2.05, 4.69) is 85.8 Å². The summed E-state index contributed by atoms with van der Waals surface area (Å²) >= 11 is -2.49. The number of allylic oxidation sites excluding steroid dienone is 1. The van der Waals surface area contributed by atoms with E-state index >= 15 is 0 Å². The Hall–Kier alpha value is -1.40. The fraction of sp³-hybridized carbons (Fsp3) is 0.185. The predicted molar refractivity (Wildman–Crippen MR) is 129 cm³/mol. The van der Waals surface area contributed by atoms with Gasteiger partial charge in [-0.05, 0) is 0 Å². The van der Waals surface area contributed by atoms with Crippen molar-refractivity contribution in [1.29, 1.82) is 0 Å². The quantitative estimate of drug-likeness (QED) is 0.235. The van der Waals surface area contributed by atoms with Crippen LogP contribution in [0.15, 0.2) is 78.4 Å². The van der Waals surface area contributed by atoms with Gasteiger partial charge in [0.25, 0.3) is 0 Å². The van der Waals surface area contributed by atoms with Crippen molar-refractivity contribution in [3.05, 3.63) is 89.5 Å². The van der Waals surface area contributed by atoms with Crippen molar-refractivity contribution in [2.75, 3.05) is 0 Å². The monoisotopic (exact) mass is 507 g/mol. The molecule has 0 nitrogen and oxygen atoms in total. The molecule has 0 spiro atoms. The summed E-state index contributed by atoms with van der Waals surface area (Å²) in [6.07, 6.45) is 5.87. The number of hydrogen-bond donors (Lipinski definition) is 0. The summed E-state index contributed by atoms with van der Waals surface area (Å²) in [6, 6.07) is 26.5. The minimum atomic E-state index is -2.49. The number of rotatable bonds is 5. The molecule has 0 aliphatic heterocycles. The second kappa shape index (κ2) is 8.62. The number of halogens is 2. The van der Waals surface area contributed by atoms with Crippen molar-refractivity contribution in [1.82, 2.24) is 0 Å². The van der Waals surface area contributed by atoms with Gasteiger partial charge in [-0.25, -0.2) is 0 Å². The van der Waals surface area contributed by atoms with Crippen molar-refractivity contribution in [2.24, 2.45) is 0 Å². The molecule has 1 aliphatic carbocycles. The van der Waals surface area contributed by atoms with Crippen molar-refractivity contribution in [3.8, 4) is 11.1 Å². The van der Waals surface area contributed by atoms with Crippen molar-refractivity contribution >= 4 is 44.6 Å². The molecule has 30 heavy (non-hydrogen) atoms. The topological polar surface area (TPSA) is 0 Å². The van der Waals surface area contributed by atoms with Crippen LogP contribution in [0.25, 0.3) is 38.7 Å². The van der Waals surface area contributed by atoms with E-state index in [0.717, 1.165) is 6.42 Å². The van der Waals surface area contributed by atoms with Gasteiger partial charge in [-0.3, -0.25) is 0 Å². The zero-order chi connectivity index (χ0) is 20.7. The van der Waals surface area contributed by atoms with Gasteiger partial charge in [-0.2, -0.15) is 0 Å². The SMILES string of the molecule is CCCCC1=Cc2c(-c3cccc4cc5ccccc5cc34)cccc2[CH]1[Zr]([Cl])[Cl]. The summed E-state index contributed by atoms with van der Waals surface area (Å²) in [4.78, 5) is 0. The van der Waals surface area contributed by atoms with Crippen LogP contribution in [0.4, 0.5) is 0 Å². The predicted octanol–water partition coefficient (Wildman–Crippen LogP) is 9.21. The number of unbranched alkanes of at least 4 members (excludes halogenated alkanes) is 1. The molecule has 5 rings (SSSR count). The molecule has 0 aromatic heterocycles. The van der Waals surface area contributed by atoms with Crippen LogP contribution < -0.4 is 0 Å². The van der Waals surface area contributed by atoms with Gasteiger partial charge in [0, 0.05) is 0 Å². The first-order chi connectivity index (χ1) is 14.7. The molecule has 0 amide bonds. The van der Waals surface area contributed by atoms with E-state index in [1.807, 2.05) is 0 Å². The average molecular weight is 510 g/mol. The summed E-state index contributed by atoms with van der Waals surface area (Å²) in [5, 5.41) is 5.13. The molecule has 0 saturated carbocycles. The molecule has 3 heteroatoms. The van der Waals surface area contributed by atoms with E-state index in [0.29, 0.717) is 0 Å². The van der Waals surface area contributed by atoms with Gasteiger partial charge in [-0.1, -0.05) is 0 Å². The van der Waals surface area contributed by atoms with Gasteiger partial charge < -0.3 is 0 Å². The van der Waals surface area contributed by atoms with Crippen molar-refractivity contribution < 1.29 is 19.4 Å². The fourth-order valence-electron chi connectivity index (χ4n) is 4.76. The van der Waals surface area contributed by atoms with Gasteiger partial charge in [-0.15, -0.1) is 0 Å². The third-order valence-corrected chi connectivity index (χ3v) is 11.6. The second-order valence-electron chi connectivity index (χ2n) is 8.08. The molecule has 0 saturated heterocycles. The minimum absolute atomic E-state index is 0.285. The molecule has 4 aromatic carbocycles. The third-order valence-electron chi connectivity index (χ3n) is 6.23. The molecular formula is C27H23Cl2Zr. The van der Waals surface area contributed by atoms with E-state index < -0.39 is 19.4 Å². The zero-order valence-electron chi connectivity index (χ0n) is 17.0. The summed E-state index contributed by atoms with van der Waals surface area (Å²) in [5.41, 5.74) is 6.70. The molecule has 0 bridgehead atoms. The maximum absolute atomic E-state index is 6.67. The van der Waals surface area contributed by atoms with Crippen molar-refractivity contribution in [3.63, 3.8) is 0 Å². The summed E-state index contributed by atoms with van der Waals surface area (Å²) < 4.78 is 0.285. The van der Waals surface area contributed by atoms with E-state index in [4.69, 9.17) is 17.0 Å². The molecule has 1 unspecified atom stereocenters. The van der Waals surface area contributed by atoms with Crippen LogP contribution in [0.3, 0.4) is 0 Å². The molecule has 1 atom stereocenters. The molecule has 0 radical (unpaired) electrons. The average Bonchev–Trinajstić information content (AvgIpc) is 3.14. The van der Waals surface area contributed by atoms with Gasteiger partial charge in [0.05, 0.1) is 0 Å².